The molecular formula is C8H7BrN2O4. The monoisotopic (exact) mass is 274 g/mol. The van der Waals surface area contributed by atoms with Gasteiger partial charge in [0.2, 0.25) is 11.7 Å². The van der Waals surface area contributed by atoms with Gasteiger partial charge in [-0.25, -0.2) is 0 Å². The fourth-order valence-corrected chi connectivity index (χ4v) is 1.35. The molecule has 0 fully saturated rings. The van der Waals surface area contributed by atoms with Crippen LogP contribution in [0.4, 0.5) is 11.4 Å². The van der Waals surface area contributed by atoms with Crippen molar-refractivity contribution in [2.45, 2.75) is 6.92 Å². The minimum Gasteiger partial charge on any atom is -0.501 e. The first kappa shape index (κ1) is 11.4. The summed E-state index contributed by atoms with van der Waals surface area (Å²) in [5, 5.41) is 22.3. The van der Waals surface area contributed by atoms with Crippen molar-refractivity contribution in [3.63, 3.8) is 0 Å². The highest BCUT2D eigenvalue weighted by molar-refractivity contribution is 9.10. The number of anilines is 1. The number of phenols is 1. The van der Waals surface area contributed by atoms with Gasteiger partial charge in [0.15, 0.2) is 0 Å². The number of nitrogens with zero attached hydrogens (tertiary/aromatic N) is 1. The lowest BCUT2D eigenvalue weighted by Crippen LogP contribution is -2.08. The molecule has 0 atom stereocenters. The maximum Gasteiger partial charge on any atom is 0.335 e. The minimum atomic E-state index is -0.759. The van der Waals surface area contributed by atoms with Crippen molar-refractivity contribution in [2.24, 2.45) is 0 Å². The molecule has 0 aliphatic heterocycles. The van der Waals surface area contributed by atoms with Crippen molar-refractivity contribution in [1.82, 2.24) is 0 Å². The predicted octanol–water partition coefficient (Wildman–Crippen LogP) is 2.02. The third kappa shape index (κ3) is 2.44. The Labute approximate surface area is 93.2 Å². The van der Waals surface area contributed by atoms with Crippen LogP contribution >= 0.6 is 15.9 Å². The molecule has 7 heteroatoms. The van der Waals surface area contributed by atoms with E-state index in [4.69, 9.17) is 0 Å². The number of halogens is 1. The minimum absolute atomic E-state index is 0.0341. The van der Waals surface area contributed by atoms with Crippen molar-refractivity contribution >= 4 is 33.2 Å². The molecule has 0 spiro atoms. The number of benzene rings is 1. The van der Waals surface area contributed by atoms with Crippen LogP contribution in [-0.2, 0) is 4.79 Å². The van der Waals surface area contributed by atoms with Gasteiger partial charge in [0.25, 0.3) is 0 Å². The molecule has 0 aliphatic rings. The Bertz CT molecular complexity index is 433. The molecule has 0 saturated heterocycles. The van der Waals surface area contributed by atoms with E-state index in [9.17, 15) is 20.0 Å². The zero-order chi connectivity index (χ0) is 11.6. The fraction of sp³-hybridized carbons (Fsp3) is 0.125. The summed E-state index contributed by atoms with van der Waals surface area (Å²) < 4.78 is 0.198. The summed E-state index contributed by atoms with van der Waals surface area (Å²) in [6.07, 6.45) is 0. The number of rotatable bonds is 2. The third-order valence-electron chi connectivity index (χ3n) is 1.60. The van der Waals surface area contributed by atoms with Gasteiger partial charge in [-0.2, -0.15) is 0 Å². The molecule has 0 radical (unpaired) electrons. The average molecular weight is 275 g/mol. The molecule has 0 aliphatic carbocycles. The number of hydrogen-bond donors (Lipinski definition) is 2. The van der Waals surface area contributed by atoms with Crippen LogP contribution in [0.3, 0.4) is 0 Å². The number of carbonyl (C=O) groups is 1. The van der Waals surface area contributed by atoms with Crippen molar-refractivity contribution in [1.29, 1.82) is 0 Å². The fourth-order valence-electron chi connectivity index (χ4n) is 1.03. The summed E-state index contributed by atoms with van der Waals surface area (Å²) in [6, 6.07) is 2.75. The summed E-state index contributed by atoms with van der Waals surface area (Å²) in [5.74, 6) is -0.953. The highest BCUT2D eigenvalue weighted by Gasteiger charge is 2.22. The van der Waals surface area contributed by atoms with Crippen LogP contribution in [-0.4, -0.2) is 15.9 Å². The van der Waals surface area contributed by atoms with Crippen molar-refractivity contribution in [3.05, 3.63) is 26.7 Å². The normalized spacial score (nSPS) is 9.73. The van der Waals surface area contributed by atoms with Crippen LogP contribution < -0.4 is 5.32 Å². The van der Waals surface area contributed by atoms with Gasteiger partial charge < -0.3 is 10.4 Å². The second-order valence-corrected chi connectivity index (χ2v) is 3.58. The van der Waals surface area contributed by atoms with Gasteiger partial charge in [-0.1, -0.05) is 0 Å². The van der Waals surface area contributed by atoms with Gasteiger partial charge >= 0.3 is 5.69 Å². The van der Waals surface area contributed by atoms with Gasteiger partial charge in [0, 0.05) is 6.92 Å². The molecule has 0 unspecified atom stereocenters. The number of nitrogens with one attached hydrogen (secondary N) is 1. The number of nitro benzene ring substituents is 1. The quantitative estimate of drug-likeness (QED) is 0.637. The van der Waals surface area contributed by atoms with Gasteiger partial charge in [0.05, 0.1) is 9.40 Å². The molecule has 1 aromatic rings. The molecule has 0 aromatic heterocycles. The highest BCUT2D eigenvalue weighted by Crippen LogP contribution is 2.39. The molecular weight excluding hydrogens is 268 g/mol. The van der Waals surface area contributed by atoms with Crippen LogP contribution in [0.2, 0.25) is 0 Å². The van der Waals surface area contributed by atoms with Gasteiger partial charge in [0.1, 0.15) is 5.69 Å². The molecule has 0 saturated carbocycles. The first-order valence-electron chi connectivity index (χ1n) is 3.87. The third-order valence-corrected chi connectivity index (χ3v) is 2.24. The summed E-state index contributed by atoms with van der Waals surface area (Å²) in [6.45, 7) is 1.23. The Balaban J connectivity index is 3.33. The molecule has 1 rings (SSSR count). The molecule has 0 bridgehead atoms. The van der Waals surface area contributed by atoms with Crippen LogP contribution in [0.5, 0.6) is 5.75 Å². The average Bonchev–Trinajstić information content (AvgIpc) is 2.10. The van der Waals surface area contributed by atoms with E-state index in [1.807, 2.05) is 0 Å². The zero-order valence-corrected chi connectivity index (χ0v) is 9.24. The Morgan fingerprint density at radius 1 is 1.60 bits per heavy atom. The molecule has 6 nitrogen and oxygen atoms in total. The Hall–Kier alpha value is -1.63. The molecule has 15 heavy (non-hydrogen) atoms. The van der Waals surface area contributed by atoms with E-state index in [-0.39, 0.29) is 10.2 Å². The zero-order valence-electron chi connectivity index (χ0n) is 7.65. The molecule has 1 amide bonds. The standard InChI is InChI=1S/C8H7BrN2O4/c1-4(12)10-6-3-2-5(9)8(13)7(6)11(14)15/h2-3,13H,1H3,(H,10,12). The molecule has 80 valence electrons. The van der Waals surface area contributed by atoms with Gasteiger partial charge in [-0.15, -0.1) is 0 Å². The number of nitro groups is 1. The van der Waals surface area contributed by atoms with E-state index >= 15 is 0 Å². The summed E-state index contributed by atoms with van der Waals surface area (Å²) in [7, 11) is 0. The maximum absolute atomic E-state index is 10.8. The topological polar surface area (TPSA) is 92.5 Å². The second kappa shape index (κ2) is 4.26. The lowest BCUT2D eigenvalue weighted by molar-refractivity contribution is -0.385. The molecule has 2 N–H and O–H groups in total. The highest BCUT2D eigenvalue weighted by atomic mass is 79.9. The van der Waals surface area contributed by atoms with Gasteiger partial charge in [-0.3, -0.25) is 14.9 Å². The van der Waals surface area contributed by atoms with E-state index in [1.54, 1.807) is 0 Å². The maximum atomic E-state index is 10.8. The van der Waals surface area contributed by atoms with Crippen molar-refractivity contribution in [2.75, 3.05) is 5.32 Å². The number of carbonyl (C=O) groups excluding carboxylic acids is 1. The SMILES string of the molecule is CC(=O)Nc1ccc(Br)c(O)c1[N+](=O)[O-]. The van der Waals surface area contributed by atoms with E-state index in [1.165, 1.54) is 19.1 Å². The van der Waals surface area contributed by atoms with Crippen LogP contribution in [0, 0.1) is 10.1 Å². The Morgan fingerprint density at radius 3 is 2.67 bits per heavy atom. The lowest BCUT2D eigenvalue weighted by Gasteiger charge is -2.05. The summed E-state index contributed by atoms with van der Waals surface area (Å²) in [5.41, 5.74) is -0.562. The number of amides is 1. The van der Waals surface area contributed by atoms with Gasteiger partial charge in [-0.05, 0) is 28.1 Å². The summed E-state index contributed by atoms with van der Waals surface area (Å²) in [4.78, 5) is 20.6. The lowest BCUT2D eigenvalue weighted by atomic mass is 10.2. The second-order valence-electron chi connectivity index (χ2n) is 2.73. The molecule has 0 heterocycles. The molecule has 1 aromatic carbocycles. The van der Waals surface area contributed by atoms with Crippen LogP contribution in [0.1, 0.15) is 6.92 Å². The van der Waals surface area contributed by atoms with E-state index in [0.29, 0.717) is 0 Å². The van der Waals surface area contributed by atoms with Crippen molar-refractivity contribution < 1.29 is 14.8 Å². The van der Waals surface area contributed by atoms with Crippen LogP contribution in [0.25, 0.3) is 0 Å². The van der Waals surface area contributed by atoms with E-state index < -0.39 is 22.3 Å². The number of aromatic hydroxyl groups is 1. The van der Waals surface area contributed by atoms with E-state index in [2.05, 4.69) is 21.2 Å². The number of hydrogen-bond acceptors (Lipinski definition) is 4. The first-order valence-corrected chi connectivity index (χ1v) is 4.66. The first-order chi connectivity index (χ1) is 6.93. The van der Waals surface area contributed by atoms with Crippen molar-refractivity contribution in [3.8, 4) is 5.75 Å². The summed E-state index contributed by atoms with van der Waals surface area (Å²) >= 11 is 2.95. The Kier molecular flexibility index (Phi) is 3.25. The number of phenolic OH excluding ortho intramolecular Hbond substituents is 1. The largest absolute Gasteiger partial charge is 0.501 e. The smallest absolute Gasteiger partial charge is 0.335 e. The van der Waals surface area contributed by atoms with E-state index in [0.717, 1.165) is 0 Å². The van der Waals surface area contributed by atoms with Crippen LogP contribution in [0.15, 0.2) is 16.6 Å². The Morgan fingerprint density at radius 2 is 2.20 bits per heavy atom. The predicted molar refractivity (Wildman–Crippen MR) is 56.8 cm³/mol.